The molecule has 1 amide bonds. The van der Waals surface area contributed by atoms with Crippen molar-refractivity contribution in [1.29, 1.82) is 0 Å². The second-order valence-corrected chi connectivity index (χ2v) is 3.25. The molecule has 1 aromatic rings. The minimum absolute atomic E-state index is 0.0346. The van der Waals surface area contributed by atoms with E-state index in [2.05, 4.69) is 15.6 Å². The van der Waals surface area contributed by atoms with Crippen LogP contribution in [-0.4, -0.2) is 31.2 Å². The van der Waals surface area contributed by atoms with Crippen LogP contribution in [0.15, 0.2) is 18.3 Å². The first kappa shape index (κ1) is 12.4. The normalized spacial score (nSPS) is 9.88. The Hall–Kier alpha value is -1.62. The number of pyridine rings is 1. The van der Waals surface area contributed by atoms with Crippen LogP contribution in [0.3, 0.4) is 0 Å². The van der Waals surface area contributed by atoms with E-state index in [9.17, 15) is 4.79 Å². The quantitative estimate of drug-likeness (QED) is 0.717. The Labute approximate surface area is 95.2 Å². The molecule has 0 aromatic carbocycles. The molecule has 0 fully saturated rings. The van der Waals surface area contributed by atoms with Gasteiger partial charge in [0, 0.05) is 20.1 Å². The van der Waals surface area contributed by atoms with Crippen molar-refractivity contribution in [2.45, 2.75) is 13.3 Å². The van der Waals surface area contributed by atoms with E-state index in [1.54, 1.807) is 26.3 Å². The number of methoxy groups -OCH3 is 1. The number of nitrogens with one attached hydrogen (secondary N) is 2. The summed E-state index contributed by atoms with van der Waals surface area (Å²) in [5.41, 5.74) is 0.909. The number of ether oxygens (including phenoxy) is 1. The highest BCUT2D eigenvalue weighted by molar-refractivity contribution is 5.89. The fraction of sp³-hybridized carbons (Fsp3) is 0.455. The molecule has 88 valence electrons. The Morgan fingerprint density at radius 3 is 2.88 bits per heavy atom. The van der Waals surface area contributed by atoms with Gasteiger partial charge in [0.25, 0.3) is 0 Å². The van der Waals surface area contributed by atoms with Crippen LogP contribution in [0, 0.1) is 0 Å². The largest absolute Gasteiger partial charge is 0.383 e. The third-order valence-electron chi connectivity index (χ3n) is 1.99. The lowest BCUT2D eigenvalue weighted by atomic mass is 10.4. The standard InChI is InChI=1S/C11H17N3O2/c1-3-11(15)14-10-5-4-9(8-13-10)12-6-7-16-2/h4-5,8,12H,3,6-7H2,1-2H3,(H,13,14,15). The molecule has 0 unspecified atom stereocenters. The summed E-state index contributed by atoms with van der Waals surface area (Å²) in [5.74, 6) is 0.539. The molecule has 0 spiro atoms. The molecule has 0 atom stereocenters. The van der Waals surface area contributed by atoms with Gasteiger partial charge < -0.3 is 15.4 Å². The van der Waals surface area contributed by atoms with E-state index in [0.717, 1.165) is 12.2 Å². The number of amides is 1. The monoisotopic (exact) mass is 223 g/mol. The van der Waals surface area contributed by atoms with E-state index in [4.69, 9.17) is 4.74 Å². The van der Waals surface area contributed by atoms with Crippen LogP contribution in [-0.2, 0) is 9.53 Å². The van der Waals surface area contributed by atoms with Crippen molar-refractivity contribution in [3.63, 3.8) is 0 Å². The molecular formula is C11H17N3O2. The predicted molar refractivity (Wildman–Crippen MR) is 63.5 cm³/mol. The van der Waals surface area contributed by atoms with Crippen molar-refractivity contribution in [3.8, 4) is 0 Å². The van der Waals surface area contributed by atoms with E-state index in [-0.39, 0.29) is 5.91 Å². The van der Waals surface area contributed by atoms with Gasteiger partial charge in [0.05, 0.1) is 18.5 Å². The first-order valence-electron chi connectivity index (χ1n) is 5.25. The Balaban J connectivity index is 2.44. The SMILES string of the molecule is CCC(=O)Nc1ccc(NCCOC)cn1. The average Bonchev–Trinajstić information content (AvgIpc) is 2.31. The van der Waals surface area contributed by atoms with Crippen molar-refractivity contribution in [2.75, 3.05) is 30.9 Å². The maximum absolute atomic E-state index is 11.1. The zero-order valence-corrected chi connectivity index (χ0v) is 9.62. The Morgan fingerprint density at radius 1 is 1.50 bits per heavy atom. The van der Waals surface area contributed by atoms with E-state index in [0.29, 0.717) is 18.8 Å². The fourth-order valence-corrected chi connectivity index (χ4v) is 1.10. The fourth-order valence-electron chi connectivity index (χ4n) is 1.10. The molecule has 5 nitrogen and oxygen atoms in total. The van der Waals surface area contributed by atoms with E-state index in [1.807, 2.05) is 6.07 Å². The molecule has 1 rings (SSSR count). The maximum Gasteiger partial charge on any atom is 0.225 e. The highest BCUT2D eigenvalue weighted by Gasteiger charge is 1.99. The van der Waals surface area contributed by atoms with Crippen LogP contribution >= 0.6 is 0 Å². The molecule has 1 aromatic heterocycles. The molecule has 0 radical (unpaired) electrons. The number of carbonyl (C=O) groups is 1. The van der Waals surface area contributed by atoms with E-state index >= 15 is 0 Å². The molecule has 0 saturated heterocycles. The van der Waals surface area contributed by atoms with Gasteiger partial charge in [-0.3, -0.25) is 4.79 Å². The topological polar surface area (TPSA) is 63.2 Å². The van der Waals surface area contributed by atoms with Gasteiger partial charge >= 0.3 is 0 Å². The number of hydrogen-bond acceptors (Lipinski definition) is 4. The summed E-state index contributed by atoms with van der Waals surface area (Å²) in [4.78, 5) is 15.2. The van der Waals surface area contributed by atoms with Gasteiger partial charge in [0.2, 0.25) is 5.91 Å². The van der Waals surface area contributed by atoms with Crippen LogP contribution in [0.4, 0.5) is 11.5 Å². The molecule has 0 aliphatic rings. The van der Waals surface area contributed by atoms with Crippen molar-refractivity contribution in [1.82, 2.24) is 4.98 Å². The molecule has 0 saturated carbocycles. The van der Waals surface area contributed by atoms with Gasteiger partial charge in [0.15, 0.2) is 0 Å². The second kappa shape index (κ2) is 6.79. The summed E-state index contributed by atoms with van der Waals surface area (Å²) >= 11 is 0. The first-order valence-corrected chi connectivity index (χ1v) is 5.25. The molecule has 1 heterocycles. The van der Waals surface area contributed by atoms with Crippen LogP contribution in [0.2, 0.25) is 0 Å². The third-order valence-corrected chi connectivity index (χ3v) is 1.99. The number of anilines is 2. The number of rotatable bonds is 6. The average molecular weight is 223 g/mol. The smallest absolute Gasteiger partial charge is 0.225 e. The van der Waals surface area contributed by atoms with Crippen LogP contribution in [0.5, 0.6) is 0 Å². The summed E-state index contributed by atoms with van der Waals surface area (Å²) in [6.07, 6.45) is 2.14. The molecule has 0 aliphatic carbocycles. The Bertz CT molecular complexity index is 325. The summed E-state index contributed by atoms with van der Waals surface area (Å²) in [5, 5.41) is 5.82. The molecule has 5 heteroatoms. The van der Waals surface area contributed by atoms with Gasteiger partial charge in [0.1, 0.15) is 5.82 Å². The van der Waals surface area contributed by atoms with Gasteiger partial charge in [-0.25, -0.2) is 4.98 Å². The van der Waals surface area contributed by atoms with E-state index < -0.39 is 0 Å². The van der Waals surface area contributed by atoms with E-state index in [1.165, 1.54) is 0 Å². The summed E-state index contributed by atoms with van der Waals surface area (Å²) in [6.45, 7) is 3.18. The Kier molecular flexibility index (Phi) is 5.28. The van der Waals surface area contributed by atoms with Gasteiger partial charge in [-0.1, -0.05) is 6.92 Å². The van der Waals surface area contributed by atoms with Gasteiger partial charge in [-0.15, -0.1) is 0 Å². The predicted octanol–water partition coefficient (Wildman–Crippen LogP) is 1.49. The number of nitrogens with zero attached hydrogens (tertiary/aromatic N) is 1. The van der Waals surface area contributed by atoms with Crippen LogP contribution in [0.1, 0.15) is 13.3 Å². The highest BCUT2D eigenvalue weighted by atomic mass is 16.5. The summed E-state index contributed by atoms with van der Waals surface area (Å²) < 4.78 is 4.91. The molecule has 2 N–H and O–H groups in total. The van der Waals surface area contributed by atoms with Crippen molar-refractivity contribution < 1.29 is 9.53 Å². The zero-order valence-electron chi connectivity index (χ0n) is 9.62. The number of aromatic nitrogens is 1. The first-order chi connectivity index (χ1) is 7.76. The highest BCUT2D eigenvalue weighted by Crippen LogP contribution is 2.09. The number of hydrogen-bond donors (Lipinski definition) is 2. The zero-order chi connectivity index (χ0) is 11.8. The maximum atomic E-state index is 11.1. The lowest BCUT2D eigenvalue weighted by molar-refractivity contribution is -0.115. The van der Waals surface area contributed by atoms with Crippen molar-refractivity contribution in [3.05, 3.63) is 18.3 Å². The van der Waals surface area contributed by atoms with Crippen molar-refractivity contribution >= 4 is 17.4 Å². The minimum atomic E-state index is -0.0346. The lowest BCUT2D eigenvalue weighted by Crippen LogP contribution is -2.11. The van der Waals surface area contributed by atoms with Crippen LogP contribution in [0.25, 0.3) is 0 Å². The van der Waals surface area contributed by atoms with Gasteiger partial charge in [-0.2, -0.15) is 0 Å². The van der Waals surface area contributed by atoms with Crippen LogP contribution < -0.4 is 10.6 Å². The summed E-state index contributed by atoms with van der Waals surface area (Å²) in [7, 11) is 1.66. The molecular weight excluding hydrogens is 206 g/mol. The minimum Gasteiger partial charge on any atom is -0.383 e. The lowest BCUT2D eigenvalue weighted by Gasteiger charge is -2.06. The molecule has 0 aliphatic heterocycles. The third kappa shape index (κ3) is 4.27. The second-order valence-electron chi connectivity index (χ2n) is 3.25. The Morgan fingerprint density at radius 2 is 2.31 bits per heavy atom. The summed E-state index contributed by atoms with van der Waals surface area (Å²) in [6, 6.07) is 3.64. The number of carbonyl (C=O) groups excluding carboxylic acids is 1. The molecule has 0 bridgehead atoms. The van der Waals surface area contributed by atoms with Gasteiger partial charge in [-0.05, 0) is 12.1 Å². The van der Waals surface area contributed by atoms with Crippen molar-refractivity contribution in [2.24, 2.45) is 0 Å². The molecule has 16 heavy (non-hydrogen) atoms.